The van der Waals surface area contributed by atoms with Gasteiger partial charge in [0, 0.05) is 12.1 Å². The topological polar surface area (TPSA) is 9.23 Å². The lowest BCUT2D eigenvalue weighted by Crippen LogP contribution is -2.22. The van der Waals surface area contributed by atoms with E-state index in [-0.39, 0.29) is 0 Å². The molecule has 0 bridgehead atoms. The van der Waals surface area contributed by atoms with Crippen molar-refractivity contribution in [2.24, 2.45) is 17.8 Å². The summed E-state index contributed by atoms with van der Waals surface area (Å²) in [5.74, 6) is -2.67. The van der Waals surface area contributed by atoms with Crippen LogP contribution >= 0.6 is 0 Å². The largest absolute Gasteiger partial charge is 0.429 e. The molecule has 2 aliphatic rings. The van der Waals surface area contributed by atoms with Crippen molar-refractivity contribution in [2.45, 2.75) is 102 Å². The molecule has 4 rings (SSSR count). The Bertz CT molecular complexity index is 966. The van der Waals surface area contributed by atoms with Gasteiger partial charge in [-0.3, -0.25) is 0 Å². The Labute approximate surface area is 217 Å². The Kier molecular flexibility index (Phi) is 9.52. The number of unbranched alkanes of at least 4 members (excludes halogenated alkanes) is 1. The predicted octanol–water partition coefficient (Wildman–Crippen LogP) is 10.3. The first-order chi connectivity index (χ1) is 17.7. The molecule has 2 fully saturated rings. The summed E-state index contributed by atoms with van der Waals surface area (Å²) >= 11 is 0. The van der Waals surface area contributed by atoms with Crippen LogP contribution in [0.15, 0.2) is 36.4 Å². The van der Waals surface area contributed by atoms with E-state index < -0.39 is 34.9 Å². The minimum atomic E-state index is -3.80. The number of rotatable bonds is 10. The SMILES string of the molecule is CCCC[C@H]1CC[C@H](CCC2CCC(c3ccc(C(F)(F)Oc4cc(F)c(F)c(F)c4)cc3)CC2)CC1. The molecule has 0 saturated heterocycles. The van der Waals surface area contributed by atoms with Crippen molar-refractivity contribution in [2.75, 3.05) is 0 Å². The second-order valence-corrected chi connectivity index (χ2v) is 11.3. The van der Waals surface area contributed by atoms with Crippen LogP contribution in [0.5, 0.6) is 5.75 Å². The van der Waals surface area contributed by atoms with Crippen LogP contribution in [0.3, 0.4) is 0 Å². The maximum atomic E-state index is 14.6. The Morgan fingerprint density at radius 3 is 1.73 bits per heavy atom. The molecule has 2 saturated carbocycles. The molecule has 0 heterocycles. The summed E-state index contributed by atoms with van der Waals surface area (Å²) in [6, 6.07) is 6.82. The van der Waals surface area contributed by atoms with E-state index in [0.717, 1.165) is 36.2 Å². The van der Waals surface area contributed by atoms with Crippen LogP contribution in [-0.2, 0) is 6.11 Å². The summed E-state index contributed by atoms with van der Waals surface area (Å²) in [5, 5.41) is 0. The molecule has 1 nitrogen and oxygen atoms in total. The van der Waals surface area contributed by atoms with E-state index in [2.05, 4.69) is 11.7 Å². The van der Waals surface area contributed by atoms with Gasteiger partial charge < -0.3 is 4.74 Å². The average molecular weight is 523 g/mol. The number of hydrogen-bond donors (Lipinski definition) is 0. The van der Waals surface area contributed by atoms with Gasteiger partial charge in [0.15, 0.2) is 17.5 Å². The number of benzene rings is 2. The van der Waals surface area contributed by atoms with E-state index in [1.54, 1.807) is 12.1 Å². The lowest BCUT2D eigenvalue weighted by Gasteiger charge is -2.32. The summed E-state index contributed by atoms with van der Waals surface area (Å²) < 4.78 is 73.5. The lowest BCUT2D eigenvalue weighted by molar-refractivity contribution is -0.185. The van der Waals surface area contributed by atoms with Gasteiger partial charge in [-0.25, -0.2) is 13.2 Å². The van der Waals surface area contributed by atoms with Crippen LogP contribution in [-0.4, -0.2) is 0 Å². The van der Waals surface area contributed by atoms with Crippen molar-refractivity contribution in [1.82, 2.24) is 0 Å². The van der Waals surface area contributed by atoms with E-state index in [1.165, 1.54) is 82.8 Å². The molecule has 0 amide bonds. The molecule has 0 aromatic heterocycles. The van der Waals surface area contributed by atoms with E-state index in [4.69, 9.17) is 0 Å². The van der Waals surface area contributed by atoms with Gasteiger partial charge in [-0.15, -0.1) is 0 Å². The summed E-state index contributed by atoms with van der Waals surface area (Å²) in [6.45, 7) is 2.27. The molecular formula is C31H39F5O. The van der Waals surface area contributed by atoms with Gasteiger partial charge in [0.25, 0.3) is 0 Å². The van der Waals surface area contributed by atoms with Crippen LogP contribution < -0.4 is 4.74 Å². The molecular weight excluding hydrogens is 483 g/mol. The zero-order valence-corrected chi connectivity index (χ0v) is 21.8. The van der Waals surface area contributed by atoms with Gasteiger partial charge >= 0.3 is 6.11 Å². The molecule has 2 aromatic carbocycles. The molecule has 2 aromatic rings. The Morgan fingerprint density at radius 1 is 0.730 bits per heavy atom. The zero-order chi connectivity index (χ0) is 26.4. The highest BCUT2D eigenvalue weighted by Crippen LogP contribution is 2.41. The molecule has 37 heavy (non-hydrogen) atoms. The third-order valence-corrected chi connectivity index (χ3v) is 8.68. The highest BCUT2D eigenvalue weighted by molar-refractivity contribution is 5.30. The minimum Gasteiger partial charge on any atom is -0.429 e. The molecule has 6 heteroatoms. The Hall–Kier alpha value is -2.11. The summed E-state index contributed by atoms with van der Waals surface area (Å²) in [4.78, 5) is 0. The number of ether oxygens (including phenoxy) is 1. The fourth-order valence-corrected chi connectivity index (χ4v) is 6.30. The van der Waals surface area contributed by atoms with Crippen LogP contribution in [0.4, 0.5) is 22.0 Å². The lowest BCUT2D eigenvalue weighted by atomic mass is 9.74. The normalized spacial score (nSPS) is 24.7. The molecule has 0 aliphatic heterocycles. The molecule has 2 aliphatic carbocycles. The quantitative estimate of drug-likeness (QED) is 0.223. The second kappa shape index (κ2) is 12.6. The number of halogens is 5. The highest BCUT2D eigenvalue weighted by Gasteiger charge is 2.35. The smallest absolute Gasteiger partial charge is 0.426 e. The van der Waals surface area contributed by atoms with E-state index in [1.807, 2.05) is 0 Å². The summed E-state index contributed by atoms with van der Waals surface area (Å²) in [5.41, 5.74) is 0.613. The van der Waals surface area contributed by atoms with Gasteiger partial charge in [-0.05, 0) is 67.1 Å². The van der Waals surface area contributed by atoms with E-state index in [0.29, 0.717) is 18.1 Å². The fraction of sp³-hybridized carbons (Fsp3) is 0.613. The molecule has 0 spiro atoms. The first-order valence-electron chi connectivity index (χ1n) is 14.1. The van der Waals surface area contributed by atoms with Crippen LogP contribution in [0.2, 0.25) is 0 Å². The van der Waals surface area contributed by atoms with Crippen molar-refractivity contribution in [3.8, 4) is 5.75 Å². The van der Waals surface area contributed by atoms with E-state index in [9.17, 15) is 22.0 Å². The van der Waals surface area contributed by atoms with Crippen LogP contribution in [0, 0.1) is 35.2 Å². The van der Waals surface area contributed by atoms with Gasteiger partial charge in [0.1, 0.15) is 5.75 Å². The maximum absolute atomic E-state index is 14.6. The third kappa shape index (κ3) is 7.48. The van der Waals surface area contributed by atoms with Crippen molar-refractivity contribution in [3.63, 3.8) is 0 Å². The molecule has 204 valence electrons. The highest BCUT2D eigenvalue weighted by atomic mass is 19.3. The number of alkyl halides is 2. The Morgan fingerprint density at radius 2 is 1.22 bits per heavy atom. The maximum Gasteiger partial charge on any atom is 0.426 e. The van der Waals surface area contributed by atoms with Gasteiger partial charge in [0.2, 0.25) is 0 Å². The van der Waals surface area contributed by atoms with Crippen LogP contribution in [0.1, 0.15) is 107 Å². The predicted molar refractivity (Wildman–Crippen MR) is 136 cm³/mol. The monoisotopic (exact) mass is 522 g/mol. The molecule has 0 N–H and O–H groups in total. The third-order valence-electron chi connectivity index (χ3n) is 8.68. The Balaban J connectivity index is 1.23. The van der Waals surface area contributed by atoms with Crippen LogP contribution in [0.25, 0.3) is 0 Å². The first kappa shape index (κ1) is 27.9. The second-order valence-electron chi connectivity index (χ2n) is 11.3. The van der Waals surface area contributed by atoms with Gasteiger partial charge in [0.05, 0.1) is 5.56 Å². The molecule has 0 atom stereocenters. The van der Waals surface area contributed by atoms with Crippen molar-refractivity contribution in [3.05, 3.63) is 65.0 Å². The van der Waals surface area contributed by atoms with Crippen molar-refractivity contribution < 1.29 is 26.7 Å². The zero-order valence-electron chi connectivity index (χ0n) is 21.8. The molecule has 0 unspecified atom stereocenters. The van der Waals surface area contributed by atoms with Gasteiger partial charge in [-0.2, -0.15) is 8.78 Å². The number of hydrogen-bond acceptors (Lipinski definition) is 1. The van der Waals surface area contributed by atoms with Crippen molar-refractivity contribution >= 4 is 0 Å². The average Bonchev–Trinajstić information content (AvgIpc) is 2.90. The fourth-order valence-electron chi connectivity index (χ4n) is 6.30. The van der Waals surface area contributed by atoms with E-state index >= 15 is 0 Å². The van der Waals surface area contributed by atoms with Crippen molar-refractivity contribution in [1.29, 1.82) is 0 Å². The standard InChI is InChI=1S/C31H39F5O/c1-2-3-4-21-5-7-22(8-6-21)9-10-23-11-13-24(14-12-23)25-15-17-26(18-16-25)31(35,36)37-27-19-28(32)30(34)29(33)20-27/h15-24H,2-14H2,1H3/t21-,22-,23?,24?. The summed E-state index contributed by atoms with van der Waals surface area (Å²) in [7, 11) is 0. The minimum absolute atomic E-state index is 0.356. The van der Waals surface area contributed by atoms with Gasteiger partial charge in [-0.1, -0.05) is 76.8 Å². The molecule has 0 radical (unpaired) electrons. The first-order valence-corrected chi connectivity index (χ1v) is 14.1. The summed E-state index contributed by atoms with van der Waals surface area (Å²) in [6.07, 6.45) is 13.0.